The molecule has 0 atom stereocenters. The van der Waals surface area contributed by atoms with Gasteiger partial charge in [-0.25, -0.2) is 0 Å². The number of anilines is 1. The van der Waals surface area contributed by atoms with Crippen molar-refractivity contribution in [2.24, 2.45) is 0 Å². The van der Waals surface area contributed by atoms with Crippen LogP contribution < -0.4 is 4.90 Å². The minimum Gasteiger partial charge on any atom is -0.372 e. The summed E-state index contributed by atoms with van der Waals surface area (Å²) in [6.45, 7) is 12.8. The number of nitrogens with zero attached hydrogens (tertiary/aromatic N) is 4. The van der Waals surface area contributed by atoms with Gasteiger partial charge < -0.3 is 14.7 Å². The smallest absolute Gasteiger partial charge is 0.272 e. The maximum Gasteiger partial charge on any atom is 0.272 e. The molecule has 2 rings (SSSR count). The van der Waals surface area contributed by atoms with E-state index in [1.807, 2.05) is 17.0 Å². The summed E-state index contributed by atoms with van der Waals surface area (Å²) < 4.78 is 0. The van der Waals surface area contributed by atoms with Gasteiger partial charge in [0.05, 0.1) is 0 Å². The van der Waals surface area contributed by atoms with Crippen LogP contribution in [0.25, 0.3) is 0 Å². The molecule has 1 amide bonds. The largest absolute Gasteiger partial charge is 0.372 e. The van der Waals surface area contributed by atoms with Crippen molar-refractivity contribution in [3.63, 3.8) is 0 Å². The fraction of sp³-hybridized carbons (Fsp3) is 0.625. The van der Waals surface area contributed by atoms with E-state index in [1.54, 1.807) is 6.20 Å². The van der Waals surface area contributed by atoms with E-state index < -0.39 is 0 Å². The zero-order valence-corrected chi connectivity index (χ0v) is 13.4. The fourth-order valence-corrected chi connectivity index (χ4v) is 2.75. The van der Waals surface area contributed by atoms with Gasteiger partial charge in [0.25, 0.3) is 5.91 Å². The Labute approximate surface area is 127 Å². The Kier molecular flexibility index (Phi) is 5.56. The van der Waals surface area contributed by atoms with Crippen LogP contribution in [0.15, 0.2) is 18.3 Å². The Morgan fingerprint density at radius 3 is 2.43 bits per heavy atom. The minimum atomic E-state index is 0.0553. The van der Waals surface area contributed by atoms with E-state index in [9.17, 15) is 4.79 Å². The topological polar surface area (TPSA) is 39.7 Å². The molecule has 1 fully saturated rings. The van der Waals surface area contributed by atoms with Crippen molar-refractivity contribution in [3.8, 4) is 0 Å². The number of amides is 1. The van der Waals surface area contributed by atoms with Crippen molar-refractivity contribution in [1.82, 2.24) is 14.8 Å². The lowest BCUT2D eigenvalue weighted by Crippen LogP contribution is -2.48. The first-order chi connectivity index (χ1) is 10.2. The summed E-state index contributed by atoms with van der Waals surface area (Å²) in [6, 6.07) is 3.89. The molecular weight excluding hydrogens is 264 g/mol. The normalized spacial score (nSPS) is 16.0. The molecule has 0 aliphatic carbocycles. The van der Waals surface area contributed by atoms with Gasteiger partial charge in [-0.1, -0.05) is 6.92 Å². The molecule has 5 heteroatoms. The third-order valence-electron chi connectivity index (χ3n) is 4.20. The SMILES string of the molecule is CCN1CCN(C(=O)c2cc(N(CC)CC)ccn2)CC1. The van der Waals surface area contributed by atoms with Crippen molar-refractivity contribution in [2.75, 3.05) is 50.7 Å². The lowest BCUT2D eigenvalue weighted by Gasteiger charge is -2.34. The van der Waals surface area contributed by atoms with Crippen LogP contribution in [0.3, 0.4) is 0 Å². The van der Waals surface area contributed by atoms with E-state index >= 15 is 0 Å². The number of hydrogen-bond acceptors (Lipinski definition) is 4. The maximum absolute atomic E-state index is 12.6. The molecule has 2 heterocycles. The lowest BCUT2D eigenvalue weighted by molar-refractivity contribution is 0.0637. The summed E-state index contributed by atoms with van der Waals surface area (Å²) >= 11 is 0. The average molecular weight is 290 g/mol. The third kappa shape index (κ3) is 3.73. The summed E-state index contributed by atoms with van der Waals surface area (Å²) in [5.41, 5.74) is 1.63. The van der Waals surface area contributed by atoms with E-state index in [2.05, 4.69) is 35.6 Å². The Morgan fingerprint density at radius 2 is 1.86 bits per heavy atom. The second kappa shape index (κ2) is 7.41. The van der Waals surface area contributed by atoms with Gasteiger partial charge in [0.15, 0.2) is 0 Å². The van der Waals surface area contributed by atoms with Crippen molar-refractivity contribution in [1.29, 1.82) is 0 Å². The van der Waals surface area contributed by atoms with Gasteiger partial charge in [-0.15, -0.1) is 0 Å². The molecule has 21 heavy (non-hydrogen) atoms. The molecule has 0 bridgehead atoms. The second-order valence-electron chi connectivity index (χ2n) is 5.30. The van der Waals surface area contributed by atoms with Gasteiger partial charge >= 0.3 is 0 Å². The van der Waals surface area contributed by atoms with Gasteiger partial charge in [0.2, 0.25) is 0 Å². The Bertz CT molecular complexity index is 465. The van der Waals surface area contributed by atoms with Crippen LogP contribution in [0.4, 0.5) is 5.69 Å². The predicted octanol–water partition coefficient (Wildman–Crippen LogP) is 1.71. The number of hydrogen-bond donors (Lipinski definition) is 0. The highest BCUT2D eigenvalue weighted by Gasteiger charge is 2.22. The minimum absolute atomic E-state index is 0.0553. The fourth-order valence-electron chi connectivity index (χ4n) is 2.75. The van der Waals surface area contributed by atoms with Crippen LogP contribution in [0.5, 0.6) is 0 Å². The standard InChI is InChI=1S/C16H26N4O/c1-4-18-9-11-20(12-10-18)16(21)15-13-14(7-8-17-15)19(5-2)6-3/h7-8,13H,4-6,9-12H2,1-3H3. The summed E-state index contributed by atoms with van der Waals surface area (Å²) in [6.07, 6.45) is 1.74. The number of aromatic nitrogens is 1. The molecule has 1 aromatic rings. The molecule has 1 aliphatic heterocycles. The summed E-state index contributed by atoms with van der Waals surface area (Å²) in [5.74, 6) is 0.0553. The molecule has 116 valence electrons. The van der Waals surface area contributed by atoms with E-state index in [-0.39, 0.29) is 5.91 Å². The molecule has 0 radical (unpaired) electrons. The van der Waals surface area contributed by atoms with Gasteiger partial charge in [-0.05, 0) is 32.5 Å². The molecule has 1 aromatic heterocycles. The molecule has 0 saturated carbocycles. The monoisotopic (exact) mass is 290 g/mol. The highest BCUT2D eigenvalue weighted by atomic mass is 16.2. The average Bonchev–Trinajstić information content (AvgIpc) is 2.56. The Balaban J connectivity index is 2.07. The molecule has 0 aromatic carbocycles. The molecule has 1 saturated heterocycles. The molecule has 0 spiro atoms. The molecule has 5 nitrogen and oxygen atoms in total. The van der Waals surface area contributed by atoms with E-state index in [1.165, 1.54) is 0 Å². The number of rotatable bonds is 5. The van der Waals surface area contributed by atoms with Crippen molar-refractivity contribution in [3.05, 3.63) is 24.0 Å². The zero-order chi connectivity index (χ0) is 15.2. The first-order valence-corrected chi connectivity index (χ1v) is 7.92. The van der Waals surface area contributed by atoms with Crippen molar-refractivity contribution >= 4 is 11.6 Å². The number of carbonyl (C=O) groups is 1. The van der Waals surface area contributed by atoms with Crippen LogP contribution >= 0.6 is 0 Å². The van der Waals surface area contributed by atoms with E-state index in [4.69, 9.17) is 0 Å². The van der Waals surface area contributed by atoms with Gasteiger partial charge in [-0.3, -0.25) is 9.78 Å². The number of likely N-dealkylation sites (N-methyl/N-ethyl adjacent to an activating group) is 1. The molecule has 1 aliphatic rings. The number of piperazine rings is 1. The van der Waals surface area contributed by atoms with E-state index in [0.717, 1.165) is 51.5 Å². The Morgan fingerprint density at radius 1 is 1.19 bits per heavy atom. The van der Waals surface area contributed by atoms with Crippen LogP contribution in [0.1, 0.15) is 31.3 Å². The van der Waals surface area contributed by atoms with E-state index in [0.29, 0.717) is 5.69 Å². The number of pyridine rings is 1. The predicted molar refractivity (Wildman–Crippen MR) is 85.8 cm³/mol. The van der Waals surface area contributed by atoms with Crippen LogP contribution in [-0.4, -0.2) is 66.5 Å². The van der Waals surface area contributed by atoms with Crippen LogP contribution in [0, 0.1) is 0 Å². The van der Waals surface area contributed by atoms with Crippen molar-refractivity contribution < 1.29 is 4.79 Å². The quantitative estimate of drug-likeness (QED) is 0.827. The highest BCUT2D eigenvalue weighted by Crippen LogP contribution is 2.16. The van der Waals surface area contributed by atoms with Crippen molar-refractivity contribution in [2.45, 2.75) is 20.8 Å². The summed E-state index contributed by atoms with van der Waals surface area (Å²) in [7, 11) is 0. The first kappa shape index (κ1) is 15.8. The summed E-state index contributed by atoms with van der Waals surface area (Å²) in [4.78, 5) is 23.4. The Hall–Kier alpha value is -1.62. The third-order valence-corrected chi connectivity index (χ3v) is 4.20. The lowest BCUT2D eigenvalue weighted by atomic mass is 10.2. The maximum atomic E-state index is 12.6. The summed E-state index contributed by atoms with van der Waals surface area (Å²) in [5, 5.41) is 0. The first-order valence-electron chi connectivity index (χ1n) is 7.92. The zero-order valence-electron chi connectivity index (χ0n) is 13.4. The molecular formula is C16H26N4O. The van der Waals surface area contributed by atoms with Gasteiger partial charge in [-0.2, -0.15) is 0 Å². The molecule has 0 N–H and O–H groups in total. The van der Waals surface area contributed by atoms with Gasteiger partial charge in [0, 0.05) is 51.2 Å². The van der Waals surface area contributed by atoms with Crippen LogP contribution in [-0.2, 0) is 0 Å². The highest BCUT2D eigenvalue weighted by molar-refractivity contribution is 5.93. The second-order valence-corrected chi connectivity index (χ2v) is 5.30. The van der Waals surface area contributed by atoms with Crippen LogP contribution in [0.2, 0.25) is 0 Å². The number of carbonyl (C=O) groups excluding carboxylic acids is 1. The molecule has 0 unspecified atom stereocenters. The van der Waals surface area contributed by atoms with Gasteiger partial charge in [0.1, 0.15) is 5.69 Å².